The second-order valence-electron chi connectivity index (χ2n) is 4.16. The van der Waals surface area contributed by atoms with Crippen LogP contribution in [0, 0.1) is 0 Å². The molecule has 0 atom stereocenters. The highest BCUT2D eigenvalue weighted by molar-refractivity contribution is 7.74. The van der Waals surface area contributed by atoms with Gasteiger partial charge in [-0.1, -0.05) is 36.4 Å². The monoisotopic (exact) mass is 290 g/mol. The van der Waals surface area contributed by atoms with Gasteiger partial charge in [0.2, 0.25) is 0 Å². The maximum absolute atomic E-state index is 13.2. The first-order valence-corrected chi connectivity index (χ1v) is 7.84. The van der Waals surface area contributed by atoms with Crippen molar-refractivity contribution in [2.45, 2.75) is 6.42 Å². The fourth-order valence-corrected chi connectivity index (χ4v) is 3.80. The molecule has 0 aromatic heterocycles. The third-order valence-corrected chi connectivity index (χ3v) is 5.16. The first kappa shape index (κ1) is 14.5. The molecule has 0 unspecified atom stereocenters. The van der Waals surface area contributed by atoms with Gasteiger partial charge in [-0.05, 0) is 24.3 Å². The lowest BCUT2D eigenvalue weighted by atomic mass is 10.4. The summed E-state index contributed by atoms with van der Waals surface area (Å²) in [5.41, 5.74) is 0. The van der Waals surface area contributed by atoms with E-state index in [0.29, 0.717) is 10.6 Å². The highest BCUT2D eigenvalue weighted by Crippen LogP contribution is 2.44. The molecule has 4 nitrogen and oxygen atoms in total. The van der Waals surface area contributed by atoms with Gasteiger partial charge in [0.15, 0.2) is 0 Å². The van der Waals surface area contributed by atoms with E-state index in [1.54, 1.807) is 60.7 Å². The molecule has 0 radical (unpaired) electrons. The van der Waals surface area contributed by atoms with Crippen LogP contribution in [0.2, 0.25) is 0 Å². The van der Waals surface area contributed by atoms with Gasteiger partial charge in [0.05, 0.1) is 23.6 Å². The van der Waals surface area contributed by atoms with Crippen molar-refractivity contribution in [3.8, 4) is 0 Å². The lowest BCUT2D eigenvalue weighted by molar-refractivity contribution is -0.134. The van der Waals surface area contributed by atoms with Crippen LogP contribution in [0.5, 0.6) is 0 Å². The van der Waals surface area contributed by atoms with Gasteiger partial charge in [0.25, 0.3) is 0 Å². The Hall–Kier alpha value is -1.90. The Morgan fingerprint density at radius 3 is 1.80 bits per heavy atom. The van der Waals surface area contributed by atoms with Gasteiger partial charge in [-0.15, -0.1) is 0 Å². The number of aliphatic hydroxyl groups excluding tert-OH is 1. The van der Waals surface area contributed by atoms with Gasteiger partial charge >= 0.3 is 13.3 Å². The average Bonchev–Trinajstić information content (AvgIpc) is 2.49. The Morgan fingerprint density at radius 2 is 1.40 bits per heavy atom. The fraction of sp³-hybridized carbons (Fsp3) is 0.133. The zero-order valence-electron chi connectivity index (χ0n) is 10.8. The molecule has 0 aliphatic rings. The molecule has 0 aliphatic heterocycles. The predicted octanol–water partition coefficient (Wildman–Crippen LogP) is 1.84. The Kier molecular flexibility index (Phi) is 4.72. The van der Waals surface area contributed by atoms with E-state index in [4.69, 9.17) is 9.63 Å². The van der Waals surface area contributed by atoms with Gasteiger partial charge in [0.1, 0.15) is 0 Å². The van der Waals surface area contributed by atoms with Crippen LogP contribution in [0.1, 0.15) is 6.42 Å². The number of carbonyl (C=O) groups excluding carboxylic acids is 1. The summed E-state index contributed by atoms with van der Waals surface area (Å²) in [4.78, 5) is 11.7. The van der Waals surface area contributed by atoms with Crippen LogP contribution in [0.3, 0.4) is 0 Å². The molecule has 2 aromatic carbocycles. The largest absolute Gasteiger partial charge is 0.405 e. The minimum absolute atomic E-state index is 0.177. The minimum Gasteiger partial charge on any atom is -0.405 e. The van der Waals surface area contributed by atoms with Crippen molar-refractivity contribution in [3.63, 3.8) is 0 Å². The van der Waals surface area contributed by atoms with Gasteiger partial charge < -0.3 is 9.63 Å². The highest BCUT2D eigenvalue weighted by Gasteiger charge is 2.31. The van der Waals surface area contributed by atoms with E-state index < -0.39 is 13.3 Å². The van der Waals surface area contributed by atoms with Crippen LogP contribution in [0.15, 0.2) is 60.7 Å². The SMILES string of the molecule is O=C(CCO)OP(=O)(c1ccccc1)c1ccccc1. The Bertz CT molecular complexity index is 567. The quantitative estimate of drug-likeness (QED) is 0.853. The molecule has 0 amide bonds. The van der Waals surface area contributed by atoms with Crippen LogP contribution in [-0.4, -0.2) is 17.7 Å². The van der Waals surface area contributed by atoms with Crippen molar-refractivity contribution in [2.75, 3.05) is 6.61 Å². The van der Waals surface area contributed by atoms with E-state index >= 15 is 0 Å². The predicted molar refractivity (Wildman–Crippen MR) is 77.6 cm³/mol. The van der Waals surface area contributed by atoms with Gasteiger partial charge in [-0.25, -0.2) is 0 Å². The van der Waals surface area contributed by atoms with Gasteiger partial charge in [-0.3, -0.25) is 9.36 Å². The number of benzene rings is 2. The molecule has 0 aliphatic carbocycles. The highest BCUT2D eigenvalue weighted by atomic mass is 31.2. The number of hydrogen-bond acceptors (Lipinski definition) is 4. The molecule has 1 N–H and O–H groups in total. The van der Waals surface area contributed by atoms with E-state index in [1.807, 2.05) is 0 Å². The van der Waals surface area contributed by atoms with Crippen molar-refractivity contribution in [2.24, 2.45) is 0 Å². The summed E-state index contributed by atoms with van der Waals surface area (Å²) in [5, 5.41) is 9.70. The molecule has 0 spiro atoms. The average molecular weight is 290 g/mol. The zero-order valence-corrected chi connectivity index (χ0v) is 11.7. The molecular formula is C15H15O4P. The van der Waals surface area contributed by atoms with Crippen LogP contribution in [0.25, 0.3) is 0 Å². The zero-order chi connectivity index (χ0) is 14.4. The summed E-state index contributed by atoms with van der Waals surface area (Å²) in [6.07, 6.45) is -0.177. The number of carbonyl (C=O) groups is 1. The molecule has 2 aromatic rings. The summed E-state index contributed by atoms with van der Waals surface area (Å²) in [5.74, 6) is -0.677. The molecule has 0 bridgehead atoms. The minimum atomic E-state index is -3.47. The molecular weight excluding hydrogens is 275 g/mol. The second kappa shape index (κ2) is 6.51. The second-order valence-corrected chi connectivity index (χ2v) is 6.48. The van der Waals surface area contributed by atoms with E-state index in [-0.39, 0.29) is 13.0 Å². The maximum Gasteiger partial charge on any atom is 0.313 e. The smallest absolute Gasteiger partial charge is 0.313 e. The number of rotatable bonds is 5. The molecule has 20 heavy (non-hydrogen) atoms. The van der Waals surface area contributed by atoms with Gasteiger partial charge in [-0.2, -0.15) is 0 Å². The number of aliphatic hydroxyl groups is 1. The normalized spacial score (nSPS) is 11.1. The molecule has 0 fully saturated rings. The van der Waals surface area contributed by atoms with Crippen molar-refractivity contribution in [1.82, 2.24) is 0 Å². The van der Waals surface area contributed by atoms with Crippen molar-refractivity contribution in [3.05, 3.63) is 60.7 Å². The molecule has 5 heteroatoms. The van der Waals surface area contributed by atoms with Crippen molar-refractivity contribution in [1.29, 1.82) is 0 Å². The van der Waals surface area contributed by atoms with Crippen LogP contribution in [-0.2, 0) is 13.9 Å². The van der Waals surface area contributed by atoms with E-state index in [2.05, 4.69) is 0 Å². The van der Waals surface area contributed by atoms with Crippen LogP contribution < -0.4 is 10.6 Å². The lowest BCUT2D eigenvalue weighted by Gasteiger charge is -2.18. The Morgan fingerprint density at radius 1 is 0.950 bits per heavy atom. The van der Waals surface area contributed by atoms with E-state index in [0.717, 1.165) is 0 Å². The third-order valence-electron chi connectivity index (χ3n) is 2.74. The maximum atomic E-state index is 13.2. The standard InChI is InChI=1S/C15H15O4P/c16-12-11-15(17)19-20(18,13-7-3-1-4-8-13)14-9-5-2-6-10-14/h1-10,16H,11-12H2. The summed E-state index contributed by atoms with van der Waals surface area (Å²) < 4.78 is 18.4. The fourth-order valence-electron chi connectivity index (χ4n) is 1.78. The van der Waals surface area contributed by atoms with Gasteiger partial charge in [0, 0.05) is 0 Å². The summed E-state index contributed by atoms with van der Waals surface area (Å²) >= 11 is 0. The third kappa shape index (κ3) is 3.16. The molecule has 2 rings (SSSR count). The summed E-state index contributed by atoms with van der Waals surface area (Å²) in [6.45, 7) is -0.331. The van der Waals surface area contributed by atoms with Crippen LogP contribution in [0.4, 0.5) is 0 Å². The lowest BCUT2D eigenvalue weighted by Crippen LogP contribution is -2.21. The Labute approximate surface area is 117 Å². The Balaban J connectivity index is 2.44. The van der Waals surface area contributed by atoms with Crippen molar-refractivity contribution >= 4 is 23.9 Å². The first-order chi connectivity index (χ1) is 9.66. The van der Waals surface area contributed by atoms with Crippen LogP contribution >= 0.6 is 7.37 Å². The molecule has 0 heterocycles. The first-order valence-electron chi connectivity index (χ1n) is 6.21. The molecule has 0 saturated heterocycles. The number of hydrogen-bond donors (Lipinski definition) is 1. The topological polar surface area (TPSA) is 63.6 Å². The molecule has 104 valence electrons. The van der Waals surface area contributed by atoms with E-state index in [9.17, 15) is 9.36 Å². The summed E-state index contributed by atoms with van der Waals surface area (Å²) in [6, 6.07) is 17.2. The molecule has 0 saturated carbocycles. The van der Waals surface area contributed by atoms with Crippen molar-refractivity contribution < 1.29 is 19.0 Å². The van der Waals surface area contributed by atoms with E-state index in [1.165, 1.54) is 0 Å². The summed E-state index contributed by atoms with van der Waals surface area (Å²) in [7, 11) is -3.47.